The van der Waals surface area contributed by atoms with Crippen LogP contribution in [0.25, 0.3) is 0 Å². The van der Waals surface area contributed by atoms with Crippen LogP contribution >= 0.6 is 0 Å². The van der Waals surface area contributed by atoms with Crippen LogP contribution in [0.1, 0.15) is 38.3 Å². The molecule has 0 aliphatic carbocycles. The maximum atomic E-state index is 8.73. The predicted octanol–water partition coefficient (Wildman–Crippen LogP) is 2.32. The third kappa shape index (κ3) is 4.42. The third-order valence-corrected chi connectivity index (χ3v) is 3.54. The molecule has 20 heavy (non-hydrogen) atoms. The number of methoxy groups -OCH3 is 1. The summed E-state index contributed by atoms with van der Waals surface area (Å²) in [7, 11) is 1.57. The SMILES string of the molecule is CCC(C)(C)CNCc1ccc(/C(N)=N/O)c(OC)c1. The molecule has 1 aromatic rings. The molecule has 5 heteroatoms. The monoisotopic (exact) mass is 279 g/mol. The van der Waals surface area contributed by atoms with Crippen molar-refractivity contribution in [3.8, 4) is 5.75 Å². The average Bonchev–Trinajstić information content (AvgIpc) is 2.46. The second kappa shape index (κ2) is 7.14. The molecule has 0 saturated heterocycles. The lowest BCUT2D eigenvalue weighted by Crippen LogP contribution is -2.28. The first kappa shape index (κ1) is 16.3. The fourth-order valence-electron chi connectivity index (χ4n) is 1.78. The molecule has 0 radical (unpaired) electrons. The predicted molar refractivity (Wildman–Crippen MR) is 81.3 cm³/mol. The van der Waals surface area contributed by atoms with E-state index in [4.69, 9.17) is 15.7 Å². The zero-order valence-electron chi connectivity index (χ0n) is 12.7. The van der Waals surface area contributed by atoms with Gasteiger partial charge in [0.2, 0.25) is 0 Å². The van der Waals surface area contributed by atoms with Crippen LogP contribution in [0.5, 0.6) is 5.75 Å². The summed E-state index contributed by atoms with van der Waals surface area (Å²) in [6.07, 6.45) is 1.13. The molecule has 0 aliphatic heterocycles. The van der Waals surface area contributed by atoms with Gasteiger partial charge in [-0.05, 0) is 29.5 Å². The molecule has 0 fully saturated rings. The summed E-state index contributed by atoms with van der Waals surface area (Å²) in [5.74, 6) is 0.655. The number of hydrogen-bond donors (Lipinski definition) is 3. The van der Waals surface area contributed by atoms with Gasteiger partial charge in [0.25, 0.3) is 0 Å². The fraction of sp³-hybridized carbons (Fsp3) is 0.533. The number of hydrogen-bond acceptors (Lipinski definition) is 4. The molecule has 1 aromatic carbocycles. The third-order valence-electron chi connectivity index (χ3n) is 3.54. The van der Waals surface area contributed by atoms with Crippen LogP contribution in [0, 0.1) is 5.41 Å². The Balaban J connectivity index is 2.74. The Morgan fingerprint density at radius 2 is 2.15 bits per heavy atom. The van der Waals surface area contributed by atoms with Crippen molar-refractivity contribution in [2.24, 2.45) is 16.3 Å². The molecule has 0 spiro atoms. The summed E-state index contributed by atoms with van der Waals surface area (Å²) >= 11 is 0. The Kier molecular flexibility index (Phi) is 5.82. The number of nitrogens with two attached hydrogens (primary N) is 1. The quantitative estimate of drug-likeness (QED) is 0.310. The first-order valence-corrected chi connectivity index (χ1v) is 6.79. The number of nitrogens with zero attached hydrogens (tertiary/aromatic N) is 1. The van der Waals surface area contributed by atoms with Gasteiger partial charge in [-0.1, -0.05) is 32.0 Å². The molecule has 0 unspecified atom stereocenters. The van der Waals surface area contributed by atoms with E-state index >= 15 is 0 Å². The Morgan fingerprint density at radius 3 is 2.70 bits per heavy atom. The second-order valence-electron chi connectivity index (χ2n) is 5.64. The minimum Gasteiger partial charge on any atom is -0.496 e. The van der Waals surface area contributed by atoms with E-state index in [0.717, 1.165) is 25.1 Å². The Bertz CT molecular complexity index is 470. The summed E-state index contributed by atoms with van der Waals surface area (Å²) in [6.45, 7) is 8.38. The van der Waals surface area contributed by atoms with Gasteiger partial charge in [-0.2, -0.15) is 0 Å². The van der Waals surface area contributed by atoms with E-state index in [1.54, 1.807) is 13.2 Å². The number of rotatable bonds is 7. The van der Waals surface area contributed by atoms with Gasteiger partial charge in [0.05, 0.1) is 12.7 Å². The highest BCUT2D eigenvalue weighted by Gasteiger charge is 2.14. The smallest absolute Gasteiger partial charge is 0.173 e. The molecule has 0 heterocycles. The Morgan fingerprint density at radius 1 is 1.45 bits per heavy atom. The molecule has 0 aromatic heterocycles. The van der Waals surface area contributed by atoms with Gasteiger partial charge in [-0.15, -0.1) is 0 Å². The van der Waals surface area contributed by atoms with E-state index in [-0.39, 0.29) is 11.3 Å². The highest BCUT2D eigenvalue weighted by molar-refractivity contribution is 5.99. The van der Waals surface area contributed by atoms with Crippen molar-refractivity contribution in [3.63, 3.8) is 0 Å². The largest absolute Gasteiger partial charge is 0.496 e. The summed E-state index contributed by atoms with van der Waals surface area (Å²) in [4.78, 5) is 0. The molecule has 0 bridgehead atoms. The normalized spacial score (nSPS) is 12.5. The molecular weight excluding hydrogens is 254 g/mol. The molecule has 4 N–H and O–H groups in total. The minimum absolute atomic E-state index is 0.0495. The van der Waals surface area contributed by atoms with Crippen LogP contribution in [0.4, 0.5) is 0 Å². The van der Waals surface area contributed by atoms with Crippen molar-refractivity contribution in [3.05, 3.63) is 29.3 Å². The highest BCUT2D eigenvalue weighted by Crippen LogP contribution is 2.21. The average molecular weight is 279 g/mol. The number of amidine groups is 1. The summed E-state index contributed by atoms with van der Waals surface area (Å²) in [5.41, 5.74) is 7.58. The standard InChI is InChI=1S/C15H25N3O2/c1-5-15(2,3)10-17-9-11-6-7-12(14(16)18-19)13(8-11)20-4/h6-8,17,19H,5,9-10H2,1-4H3,(H2,16,18). The first-order chi connectivity index (χ1) is 9.43. The summed E-state index contributed by atoms with van der Waals surface area (Å²) in [6, 6.07) is 5.65. The lowest BCUT2D eigenvalue weighted by molar-refractivity contribution is 0.318. The molecule has 0 aliphatic rings. The van der Waals surface area contributed by atoms with Crippen LogP contribution in [0.3, 0.4) is 0 Å². The number of ether oxygens (including phenoxy) is 1. The highest BCUT2D eigenvalue weighted by atomic mass is 16.5. The summed E-state index contributed by atoms with van der Waals surface area (Å²) < 4.78 is 5.28. The maximum Gasteiger partial charge on any atom is 0.173 e. The van der Waals surface area contributed by atoms with Crippen molar-refractivity contribution in [2.75, 3.05) is 13.7 Å². The van der Waals surface area contributed by atoms with Crippen molar-refractivity contribution in [1.82, 2.24) is 5.32 Å². The van der Waals surface area contributed by atoms with E-state index in [0.29, 0.717) is 11.3 Å². The van der Waals surface area contributed by atoms with E-state index in [1.807, 2.05) is 12.1 Å². The fourth-order valence-corrected chi connectivity index (χ4v) is 1.78. The van der Waals surface area contributed by atoms with Gasteiger partial charge < -0.3 is 21.0 Å². The van der Waals surface area contributed by atoms with Crippen LogP contribution in [-0.2, 0) is 6.54 Å². The molecule has 112 valence electrons. The van der Waals surface area contributed by atoms with Gasteiger partial charge >= 0.3 is 0 Å². The maximum absolute atomic E-state index is 8.73. The zero-order chi connectivity index (χ0) is 15.2. The number of oxime groups is 1. The first-order valence-electron chi connectivity index (χ1n) is 6.79. The van der Waals surface area contributed by atoms with Gasteiger partial charge in [0.15, 0.2) is 5.84 Å². The number of nitrogens with one attached hydrogen (secondary N) is 1. The van der Waals surface area contributed by atoms with E-state index < -0.39 is 0 Å². The minimum atomic E-state index is 0.0495. The van der Waals surface area contributed by atoms with Crippen molar-refractivity contribution in [2.45, 2.75) is 33.7 Å². The Hall–Kier alpha value is -1.75. The van der Waals surface area contributed by atoms with Crippen LogP contribution in [0.2, 0.25) is 0 Å². The number of benzene rings is 1. The molecule has 0 saturated carbocycles. The van der Waals surface area contributed by atoms with E-state index in [2.05, 4.69) is 31.2 Å². The van der Waals surface area contributed by atoms with Crippen molar-refractivity contribution >= 4 is 5.84 Å². The second-order valence-corrected chi connectivity index (χ2v) is 5.64. The molecule has 0 amide bonds. The van der Waals surface area contributed by atoms with Crippen LogP contribution < -0.4 is 15.8 Å². The van der Waals surface area contributed by atoms with Gasteiger partial charge in [0, 0.05) is 13.1 Å². The van der Waals surface area contributed by atoms with Gasteiger partial charge in [0.1, 0.15) is 5.75 Å². The van der Waals surface area contributed by atoms with Gasteiger partial charge in [-0.3, -0.25) is 0 Å². The van der Waals surface area contributed by atoms with Crippen LogP contribution in [0.15, 0.2) is 23.4 Å². The zero-order valence-corrected chi connectivity index (χ0v) is 12.7. The van der Waals surface area contributed by atoms with E-state index in [1.165, 1.54) is 0 Å². The van der Waals surface area contributed by atoms with Crippen molar-refractivity contribution in [1.29, 1.82) is 0 Å². The molecule has 1 rings (SSSR count). The summed E-state index contributed by atoms with van der Waals surface area (Å²) in [5, 5.41) is 15.2. The van der Waals surface area contributed by atoms with Crippen molar-refractivity contribution < 1.29 is 9.94 Å². The van der Waals surface area contributed by atoms with Gasteiger partial charge in [-0.25, -0.2) is 0 Å². The molecular formula is C15H25N3O2. The lowest BCUT2D eigenvalue weighted by Gasteiger charge is -2.23. The molecule has 5 nitrogen and oxygen atoms in total. The molecule has 0 atom stereocenters. The Labute approximate surface area is 120 Å². The topological polar surface area (TPSA) is 79.9 Å². The van der Waals surface area contributed by atoms with E-state index in [9.17, 15) is 0 Å². The lowest BCUT2D eigenvalue weighted by atomic mass is 9.90. The van der Waals surface area contributed by atoms with Crippen LogP contribution in [-0.4, -0.2) is 24.7 Å².